The second-order valence-corrected chi connectivity index (χ2v) is 7.05. The molecule has 1 aliphatic rings. The number of rotatable bonds is 7. The lowest BCUT2D eigenvalue weighted by molar-refractivity contribution is 0.0143. The molecule has 2 atom stereocenters. The number of alkyl halides is 1. The lowest BCUT2D eigenvalue weighted by Crippen LogP contribution is -2.54. The van der Waals surface area contributed by atoms with Gasteiger partial charge in [0.15, 0.2) is 0 Å². The maximum absolute atomic E-state index is 14.9. The number of amides is 1. The van der Waals surface area contributed by atoms with E-state index in [1.807, 2.05) is 65.6 Å². The Morgan fingerprint density at radius 2 is 1.75 bits per heavy atom. The normalized spacial score (nSPS) is 19.9. The SMILES string of the molecule is O=C(OCc1ccccc1)N(Cc1ccccc1)C1CCN(CCO)CC1F. The van der Waals surface area contributed by atoms with Gasteiger partial charge in [-0.25, -0.2) is 9.18 Å². The summed E-state index contributed by atoms with van der Waals surface area (Å²) in [7, 11) is 0. The second kappa shape index (κ2) is 10.2. The first-order valence-electron chi connectivity index (χ1n) is 9.66. The number of halogens is 1. The highest BCUT2D eigenvalue weighted by molar-refractivity contribution is 5.68. The summed E-state index contributed by atoms with van der Waals surface area (Å²) in [6.07, 6.45) is -1.18. The summed E-state index contributed by atoms with van der Waals surface area (Å²) in [5.74, 6) is 0. The molecule has 1 aliphatic heterocycles. The number of carbonyl (C=O) groups excluding carboxylic acids is 1. The van der Waals surface area contributed by atoms with Crippen LogP contribution < -0.4 is 0 Å². The van der Waals surface area contributed by atoms with Gasteiger partial charge in [0.2, 0.25) is 0 Å². The van der Waals surface area contributed by atoms with Crippen LogP contribution in [0.4, 0.5) is 9.18 Å². The van der Waals surface area contributed by atoms with Gasteiger partial charge < -0.3 is 9.84 Å². The van der Waals surface area contributed by atoms with Gasteiger partial charge in [-0.15, -0.1) is 0 Å². The van der Waals surface area contributed by atoms with Gasteiger partial charge in [0.05, 0.1) is 12.6 Å². The van der Waals surface area contributed by atoms with Gasteiger partial charge in [-0.2, -0.15) is 0 Å². The summed E-state index contributed by atoms with van der Waals surface area (Å²) in [6, 6.07) is 18.5. The van der Waals surface area contributed by atoms with Crippen LogP contribution in [0, 0.1) is 0 Å². The average Bonchev–Trinajstić information content (AvgIpc) is 2.72. The number of likely N-dealkylation sites (tertiary alicyclic amines) is 1. The van der Waals surface area contributed by atoms with Crippen molar-refractivity contribution < 1.29 is 19.0 Å². The molecule has 1 N–H and O–H groups in total. The molecule has 0 aromatic heterocycles. The molecule has 0 radical (unpaired) electrons. The van der Waals surface area contributed by atoms with E-state index in [-0.39, 0.29) is 19.8 Å². The van der Waals surface area contributed by atoms with E-state index in [0.717, 1.165) is 11.1 Å². The molecule has 2 unspecified atom stereocenters. The molecule has 5 nitrogen and oxygen atoms in total. The Kier molecular flexibility index (Phi) is 7.39. The second-order valence-electron chi connectivity index (χ2n) is 7.05. The first-order valence-corrected chi connectivity index (χ1v) is 9.66. The van der Waals surface area contributed by atoms with E-state index in [4.69, 9.17) is 9.84 Å². The summed E-state index contributed by atoms with van der Waals surface area (Å²) < 4.78 is 20.4. The number of ether oxygens (including phenoxy) is 1. The van der Waals surface area contributed by atoms with Crippen LogP contribution in [0.2, 0.25) is 0 Å². The highest BCUT2D eigenvalue weighted by Crippen LogP contribution is 2.23. The van der Waals surface area contributed by atoms with E-state index in [2.05, 4.69) is 0 Å². The van der Waals surface area contributed by atoms with Crippen LogP contribution in [0.1, 0.15) is 17.5 Å². The van der Waals surface area contributed by atoms with Crippen molar-refractivity contribution >= 4 is 6.09 Å². The zero-order valence-corrected chi connectivity index (χ0v) is 15.9. The standard InChI is InChI=1S/C22H27FN2O3/c23-20-16-24(13-14-26)12-11-21(20)25(15-18-7-3-1-4-8-18)22(27)28-17-19-9-5-2-6-10-19/h1-10,20-21,26H,11-17H2. The molecule has 0 spiro atoms. The summed E-state index contributed by atoms with van der Waals surface area (Å²) in [5, 5.41) is 9.09. The van der Waals surface area contributed by atoms with Crippen molar-refractivity contribution in [2.45, 2.75) is 31.8 Å². The zero-order chi connectivity index (χ0) is 19.8. The molecule has 1 heterocycles. The van der Waals surface area contributed by atoms with E-state index in [1.165, 1.54) is 4.90 Å². The van der Waals surface area contributed by atoms with Gasteiger partial charge in [0.1, 0.15) is 12.8 Å². The number of aliphatic hydroxyl groups excluding tert-OH is 1. The number of hydrogen-bond acceptors (Lipinski definition) is 4. The quantitative estimate of drug-likeness (QED) is 0.794. The summed E-state index contributed by atoms with van der Waals surface area (Å²) >= 11 is 0. The fraction of sp³-hybridized carbons (Fsp3) is 0.409. The number of β-amino-alcohol motifs (C(OH)–C–C–N with tert-alkyl or cyclic N) is 1. The topological polar surface area (TPSA) is 53.0 Å². The van der Waals surface area contributed by atoms with E-state index >= 15 is 0 Å². The van der Waals surface area contributed by atoms with Gasteiger partial charge in [0, 0.05) is 26.2 Å². The van der Waals surface area contributed by atoms with Crippen molar-refractivity contribution in [1.29, 1.82) is 0 Å². The van der Waals surface area contributed by atoms with Gasteiger partial charge in [-0.3, -0.25) is 9.80 Å². The molecule has 3 rings (SSSR count). The Balaban J connectivity index is 1.70. The zero-order valence-electron chi connectivity index (χ0n) is 15.9. The molecule has 0 bridgehead atoms. The van der Waals surface area contributed by atoms with Crippen LogP contribution in [0.3, 0.4) is 0 Å². The van der Waals surface area contributed by atoms with Gasteiger partial charge in [0.25, 0.3) is 0 Å². The van der Waals surface area contributed by atoms with Crippen molar-refractivity contribution in [1.82, 2.24) is 9.80 Å². The van der Waals surface area contributed by atoms with E-state index in [9.17, 15) is 9.18 Å². The van der Waals surface area contributed by atoms with Crippen molar-refractivity contribution in [2.24, 2.45) is 0 Å². The number of carbonyl (C=O) groups is 1. The third-order valence-corrected chi connectivity index (χ3v) is 5.04. The molecular formula is C22H27FN2O3. The monoisotopic (exact) mass is 386 g/mol. The molecule has 150 valence electrons. The van der Waals surface area contributed by atoms with E-state index in [0.29, 0.717) is 26.1 Å². The lowest BCUT2D eigenvalue weighted by Gasteiger charge is -2.40. The Morgan fingerprint density at radius 3 is 2.36 bits per heavy atom. The predicted octanol–water partition coefficient (Wildman–Crippen LogP) is 3.23. The number of aliphatic hydroxyl groups is 1. The molecule has 1 fully saturated rings. The number of hydrogen-bond donors (Lipinski definition) is 1. The molecule has 2 aromatic carbocycles. The minimum atomic E-state index is -1.19. The fourth-order valence-corrected chi connectivity index (χ4v) is 3.55. The highest BCUT2D eigenvalue weighted by atomic mass is 19.1. The summed E-state index contributed by atoms with van der Waals surface area (Å²) in [4.78, 5) is 16.3. The predicted molar refractivity (Wildman–Crippen MR) is 105 cm³/mol. The Bertz CT molecular complexity index is 729. The summed E-state index contributed by atoms with van der Waals surface area (Å²) in [6.45, 7) is 1.77. The Morgan fingerprint density at radius 1 is 1.11 bits per heavy atom. The first kappa shape index (κ1) is 20.3. The van der Waals surface area contributed by atoms with Crippen molar-refractivity contribution in [3.63, 3.8) is 0 Å². The maximum atomic E-state index is 14.9. The fourth-order valence-electron chi connectivity index (χ4n) is 3.55. The van der Waals surface area contributed by atoms with Crippen LogP contribution in [0.25, 0.3) is 0 Å². The number of nitrogens with zero attached hydrogens (tertiary/aromatic N) is 2. The summed E-state index contributed by atoms with van der Waals surface area (Å²) in [5.41, 5.74) is 1.83. The van der Waals surface area contributed by atoms with Crippen LogP contribution in [-0.2, 0) is 17.9 Å². The third kappa shape index (κ3) is 5.53. The number of piperidine rings is 1. The molecular weight excluding hydrogens is 359 g/mol. The largest absolute Gasteiger partial charge is 0.445 e. The van der Waals surface area contributed by atoms with Gasteiger partial charge in [-0.1, -0.05) is 60.7 Å². The van der Waals surface area contributed by atoms with Crippen molar-refractivity contribution in [3.05, 3.63) is 71.8 Å². The van der Waals surface area contributed by atoms with Crippen LogP contribution >= 0.6 is 0 Å². The molecule has 0 aliphatic carbocycles. The highest BCUT2D eigenvalue weighted by Gasteiger charge is 2.36. The third-order valence-electron chi connectivity index (χ3n) is 5.04. The lowest BCUT2D eigenvalue weighted by atomic mass is 10.0. The number of benzene rings is 2. The minimum Gasteiger partial charge on any atom is -0.445 e. The molecule has 1 amide bonds. The van der Waals surface area contributed by atoms with Crippen molar-refractivity contribution in [2.75, 3.05) is 26.2 Å². The first-order chi connectivity index (χ1) is 13.7. The molecule has 28 heavy (non-hydrogen) atoms. The van der Waals surface area contributed by atoms with Gasteiger partial charge >= 0.3 is 6.09 Å². The van der Waals surface area contributed by atoms with E-state index < -0.39 is 18.3 Å². The Hall–Kier alpha value is -2.44. The van der Waals surface area contributed by atoms with Crippen LogP contribution in [0.15, 0.2) is 60.7 Å². The Labute approximate surface area is 165 Å². The molecule has 0 saturated carbocycles. The van der Waals surface area contributed by atoms with E-state index in [1.54, 1.807) is 0 Å². The minimum absolute atomic E-state index is 0.00420. The van der Waals surface area contributed by atoms with Gasteiger partial charge in [-0.05, 0) is 17.5 Å². The van der Waals surface area contributed by atoms with Crippen molar-refractivity contribution in [3.8, 4) is 0 Å². The smallest absolute Gasteiger partial charge is 0.410 e. The van der Waals surface area contributed by atoms with Crippen LogP contribution in [0.5, 0.6) is 0 Å². The maximum Gasteiger partial charge on any atom is 0.410 e. The van der Waals surface area contributed by atoms with Crippen LogP contribution in [-0.4, -0.2) is 59.5 Å². The molecule has 6 heteroatoms. The molecule has 2 aromatic rings. The average molecular weight is 386 g/mol. The molecule has 1 saturated heterocycles.